The molecule has 0 bridgehead atoms. The lowest BCUT2D eigenvalue weighted by Gasteiger charge is -2.10. The smallest absolute Gasteiger partial charge is 0.276 e. The largest absolute Gasteiger partial charge is 0.495 e. The van der Waals surface area contributed by atoms with E-state index in [1.54, 1.807) is 30.3 Å². The molecule has 0 fully saturated rings. The van der Waals surface area contributed by atoms with E-state index >= 15 is 0 Å². The summed E-state index contributed by atoms with van der Waals surface area (Å²) in [5.41, 5.74) is 1.45. The predicted molar refractivity (Wildman–Crippen MR) is 109 cm³/mol. The third-order valence-electron chi connectivity index (χ3n) is 3.74. The summed E-state index contributed by atoms with van der Waals surface area (Å²) in [6, 6.07) is 15.7. The van der Waals surface area contributed by atoms with Crippen molar-refractivity contribution in [2.24, 2.45) is 0 Å². The number of halogens is 1. The van der Waals surface area contributed by atoms with Crippen molar-refractivity contribution in [3.8, 4) is 11.5 Å². The van der Waals surface area contributed by atoms with Gasteiger partial charge >= 0.3 is 0 Å². The van der Waals surface area contributed by atoms with Gasteiger partial charge in [-0.15, -0.1) is 10.2 Å². The van der Waals surface area contributed by atoms with Crippen molar-refractivity contribution >= 4 is 34.7 Å². The van der Waals surface area contributed by atoms with E-state index in [9.17, 15) is 4.79 Å². The first-order valence-corrected chi connectivity index (χ1v) is 8.95. The second-order valence-electron chi connectivity index (χ2n) is 5.68. The van der Waals surface area contributed by atoms with Crippen LogP contribution in [0.5, 0.6) is 11.5 Å². The van der Waals surface area contributed by atoms with E-state index in [4.69, 9.17) is 21.1 Å². The van der Waals surface area contributed by atoms with Crippen molar-refractivity contribution in [3.63, 3.8) is 0 Å². The SMILES string of the molecule is CCOc1ccc(Nc2ccc(C(=O)Nc3cc(Cl)ccc3OC)nn2)cc1. The Kier molecular flexibility index (Phi) is 6.29. The Labute approximate surface area is 167 Å². The quantitative estimate of drug-likeness (QED) is 0.608. The highest BCUT2D eigenvalue weighted by molar-refractivity contribution is 6.31. The van der Waals surface area contributed by atoms with Gasteiger partial charge in [0.1, 0.15) is 11.5 Å². The predicted octanol–water partition coefficient (Wildman–Crippen LogP) is 4.53. The van der Waals surface area contributed by atoms with Gasteiger partial charge < -0.3 is 20.1 Å². The summed E-state index contributed by atoms with van der Waals surface area (Å²) in [5.74, 6) is 1.39. The number of carbonyl (C=O) groups excluding carboxylic acids is 1. The molecule has 8 heteroatoms. The minimum atomic E-state index is -0.416. The van der Waals surface area contributed by atoms with Gasteiger partial charge in [-0.2, -0.15) is 0 Å². The van der Waals surface area contributed by atoms with Crippen molar-refractivity contribution in [3.05, 3.63) is 65.3 Å². The molecule has 2 N–H and O–H groups in total. The maximum Gasteiger partial charge on any atom is 0.276 e. The number of nitrogens with one attached hydrogen (secondary N) is 2. The zero-order valence-corrected chi connectivity index (χ0v) is 16.2. The van der Waals surface area contributed by atoms with Crippen LogP contribution in [0.3, 0.4) is 0 Å². The van der Waals surface area contributed by atoms with Crippen LogP contribution >= 0.6 is 11.6 Å². The van der Waals surface area contributed by atoms with E-state index in [0.717, 1.165) is 11.4 Å². The van der Waals surface area contributed by atoms with E-state index < -0.39 is 5.91 Å². The molecule has 0 saturated carbocycles. The molecule has 1 aromatic heterocycles. The number of aromatic nitrogens is 2. The Balaban J connectivity index is 1.66. The van der Waals surface area contributed by atoms with Crippen LogP contribution in [0, 0.1) is 0 Å². The number of hydrogen-bond donors (Lipinski definition) is 2. The monoisotopic (exact) mass is 398 g/mol. The van der Waals surface area contributed by atoms with Gasteiger partial charge in [0.05, 0.1) is 19.4 Å². The molecule has 0 radical (unpaired) electrons. The van der Waals surface area contributed by atoms with Crippen LogP contribution in [-0.4, -0.2) is 29.8 Å². The number of carbonyl (C=O) groups is 1. The van der Waals surface area contributed by atoms with Gasteiger partial charge in [-0.05, 0) is 61.5 Å². The molecule has 0 unspecified atom stereocenters. The van der Waals surface area contributed by atoms with Crippen LogP contribution in [0.1, 0.15) is 17.4 Å². The normalized spacial score (nSPS) is 10.2. The summed E-state index contributed by atoms with van der Waals surface area (Å²) in [4.78, 5) is 12.4. The third kappa shape index (κ3) is 4.89. The molecule has 1 heterocycles. The maximum atomic E-state index is 12.4. The summed E-state index contributed by atoms with van der Waals surface area (Å²) in [5, 5.41) is 14.3. The molecule has 3 aromatic rings. The second-order valence-corrected chi connectivity index (χ2v) is 6.12. The second kappa shape index (κ2) is 9.05. The molecule has 0 saturated heterocycles. The van der Waals surface area contributed by atoms with E-state index in [1.807, 2.05) is 31.2 Å². The fourth-order valence-electron chi connectivity index (χ4n) is 2.43. The van der Waals surface area contributed by atoms with Crippen LogP contribution < -0.4 is 20.1 Å². The van der Waals surface area contributed by atoms with Crippen LogP contribution in [0.15, 0.2) is 54.6 Å². The van der Waals surface area contributed by atoms with Gasteiger partial charge in [-0.1, -0.05) is 11.6 Å². The Hall–Kier alpha value is -3.32. The number of hydrogen-bond acceptors (Lipinski definition) is 6. The van der Waals surface area contributed by atoms with Gasteiger partial charge in [0.25, 0.3) is 5.91 Å². The minimum absolute atomic E-state index is 0.166. The van der Waals surface area contributed by atoms with E-state index in [1.165, 1.54) is 7.11 Å². The van der Waals surface area contributed by atoms with Crippen LogP contribution in [-0.2, 0) is 0 Å². The number of anilines is 3. The lowest BCUT2D eigenvalue weighted by atomic mass is 10.2. The van der Waals surface area contributed by atoms with E-state index in [0.29, 0.717) is 28.9 Å². The molecular weight excluding hydrogens is 380 g/mol. The number of benzene rings is 2. The van der Waals surface area contributed by atoms with Crippen LogP contribution in [0.4, 0.5) is 17.2 Å². The maximum absolute atomic E-state index is 12.4. The Bertz CT molecular complexity index is 947. The fourth-order valence-corrected chi connectivity index (χ4v) is 2.61. The molecule has 0 aliphatic carbocycles. The number of amides is 1. The summed E-state index contributed by atoms with van der Waals surface area (Å²) in [7, 11) is 1.51. The summed E-state index contributed by atoms with van der Waals surface area (Å²) in [6.45, 7) is 2.55. The average Bonchev–Trinajstić information content (AvgIpc) is 2.70. The Morgan fingerprint density at radius 3 is 2.50 bits per heavy atom. The molecule has 0 aliphatic heterocycles. The zero-order valence-electron chi connectivity index (χ0n) is 15.4. The molecule has 2 aromatic carbocycles. The molecule has 144 valence electrons. The highest BCUT2D eigenvalue weighted by Gasteiger charge is 2.12. The molecule has 0 aliphatic rings. The van der Waals surface area contributed by atoms with Gasteiger partial charge in [0.15, 0.2) is 11.5 Å². The van der Waals surface area contributed by atoms with Crippen LogP contribution in [0.2, 0.25) is 5.02 Å². The van der Waals surface area contributed by atoms with E-state index in [2.05, 4.69) is 20.8 Å². The third-order valence-corrected chi connectivity index (χ3v) is 3.98. The van der Waals surface area contributed by atoms with Gasteiger partial charge in [-0.3, -0.25) is 4.79 Å². The molecule has 1 amide bonds. The number of methoxy groups -OCH3 is 1. The Morgan fingerprint density at radius 1 is 1.07 bits per heavy atom. The molecule has 0 spiro atoms. The first-order valence-electron chi connectivity index (χ1n) is 8.57. The number of rotatable bonds is 7. The van der Waals surface area contributed by atoms with Crippen molar-refractivity contribution < 1.29 is 14.3 Å². The fraction of sp³-hybridized carbons (Fsp3) is 0.150. The molecule has 7 nitrogen and oxygen atoms in total. The van der Waals surface area contributed by atoms with Crippen LogP contribution in [0.25, 0.3) is 0 Å². The first kappa shape index (κ1) is 19.4. The van der Waals surface area contributed by atoms with Crippen molar-refractivity contribution in [2.75, 3.05) is 24.4 Å². The summed E-state index contributed by atoms with van der Waals surface area (Å²) >= 11 is 5.98. The molecule has 3 rings (SSSR count). The van der Waals surface area contributed by atoms with Crippen molar-refractivity contribution in [1.29, 1.82) is 0 Å². The highest BCUT2D eigenvalue weighted by atomic mass is 35.5. The highest BCUT2D eigenvalue weighted by Crippen LogP contribution is 2.28. The molecule has 0 atom stereocenters. The number of ether oxygens (including phenoxy) is 2. The summed E-state index contributed by atoms with van der Waals surface area (Å²) < 4.78 is 10.6. The Morgan fingerprint density at radius 2 is 1.86 bits per heavy atom. The minimum Gasteiger partial charge on any atom is -0.495 e. The van der Waals surface area contributed by atoms with Gasteiger partial charge in [0.2, 0.25) is 0 Å². The lowest BCUT2D eigenvalue weighted by molar-refractivity contribution is 0.102. The summed E-state index contributed by atoms with van der Waals surface area (Å²) in [6.07, 6.45) is 0. The molecule has 28 heavy (non-hydrogen) atoms. The first-order chi connectivity index (χ1) is 13.6. The topological polar surface area (TPSA) is 85.4 Å². The van der Waals surface area contributed by atoms with Crippen molar-refractivity contribution in [2.45, 2.75) is 6.92 Å². The zero-order chi connectivity index (χ0) is 19.9. The lowest BCUT2D eigenvalue weighted by Crippen LogP contribution is -2.15. The van der Waals surface area contributed by atoms with Crippen molar-refractivity contribution in [1.82, 2.24) is 10.2 Å². The van der Waals surface area contributed by atoms with Gasteiger partial charge in [-0.25, -0.2) is 0 Å². The van der Waals surface area contributed by atoms with E-state index in [-0.39, 0.29) is 5.69 Å². The van der Waals surface area contributed by atoms with Gasteiger partial charge in [0, 0.05) is 10.7 Å². The number of nitrogens with zero attached hydrogens (tertiary/aromatic N) is 2. The average molecular weight is 399 g/mol. The standard InChI is InChI=1S/C20H19ClN4O3/c1-3-28-15-7-5-14(6-8-15)22-19-11-9-16(24-25-19)20(26)23-17-12-13(21)4-10-18(17)27-2/h4-12H,3H2,1-2H3,(H,22,25)(H,23,26). The molecular formula is C20H19ClN4O3.